The third-order valence-electron chi connectivity index (χ3n) is 2.74. The van der Waals surface area contributed by atoms with E-state index in [1.54, 1.807) is 0 Å². The number of quaternary nitrogens is 1. The monoisotopic (exact) mass is 359 g/mol. The zero-order valence-electron chi connectivity index (χ0n) is 13.0. The number of halogens is 1. The smallest absolute Gasteiger partial charge is 0.424 e. The minimum atomic E-state index is -4.04. The molecule has 0 aliphatic carbocycles. The van der Waals surface area contributed by atoms with Crippen LogP contribution in [0.2, 0.25) is 0 Å². The Hall–Kier alpha value is -1.10. The van der Waals surface area contributed by atoms with Crippen LogP contribution in [0.15, 0.2) is 0 Å². The van der Waals surface area contributed by atoms with E-state index in [1.807, 2.05) is 21.1 Å². The van der Waals surface area contributed by atoms with Gasteiger partial charge in [-0.2, -0.15) is 17.4 Å². The Balaban J connectivity index is 0.00000441. The van der Waals surface area contributed by atoms with E-state index < -0.39 is 28.3 Å². The molecule has 0 saturated carbocycles. The summed E-state index contributed by atoms with van der Waals surface area (Å²) in [6, 6.07) is -0.684. The second-order valence-corrected chi connectivity index (χ2v) is 7.39. The number of carbonyl (C=O) groups is 2. The van der Waals surface area contributed by atoms with Crippen molar-refractivity contribution in [1.29, 1.82) is 0 Å². The summed E-state index contributed by atoms with van der Waals surface area (Å²) in [5, 5.41) is 0. The summed E-state index contributed by atoms with van der Waals surface area (Å²) in [5.41, 5.74) is 0. The van der Waals surface area contributed by atoms with Gasteiger partial charge in [-0.25, -0.2) is 4.79 Å². The Kier molecular flexibility index (Phi) is 7.55. The van der Waals surface area contributed by atoms with Crippen LogP contribution >= 0.6 is 0 Å². The minimum absolute atomic E-state index is 0. The Morgan fingerprint density at radius 2 is 2.05 bits per heavy atom. The average molecular weight is 360 g/mol. The van der Waals surface area contributed by atoms with Gasteiger partial charge in [-0.05, 0) is 0 Å². The van der Waals surface area contributed by atoms with E-state index in [1.165, 1.54) is 7.11 Å². The van der Waals surface area contributed by atoms with Gasteiger partial charge in [0.15, 0.2) is 0 Å². The van der Waals surface area contributed by atoms with Crippen LogP contribution in [0.1, 0.15) is 6.42 Å². The fourth-order valence-corrected chi connectivity index (χ4v) is 3.23. The van der Waals surface area contributed by atoms with Crippen molar-refractivity contribution in [3.8, 4) is 0 Å². The fourth-order valence-electron chi connectivity index (χ4n) is 1.96. The van der Waals surface area contributed by atoms with Crippen molar-refractivity contribution in [3.63, 3.8) is 0 Å². The molecule has 22 heavy (non-hydrogen) atoms. The van der Waals surface area contributed by atoms with Crippen molar-refractivity contribution in [2.45, 2.75) is 12.5 Å². The molecule has 1 aliphatic heterocycles. The molecule has 0 aromatic heterocycles. The number of nitrogens with zero attached hydrogens (tertiary/aromatic N) is 2. The lowest BCUT2D eigenvalue weighted by molar-refractivity contribution is -0.871. The normalized spacial score (nSPS) is 16.7. The van der Waals surface area contributed by atoms with Crippen LogP contribution in [-0.4, -0.2) is 83.3 Å². The summed E-state index contributed by atoms with van der Waals surface area (Å²) >= 11 is 0. The lowest BCUT2D eigenvalue weighted by atomic mass is 10.2. The second-order valence-electron chi connectivity index (χ2n) is 5.76. The third kappa shape index (κ3) is 6.34. The number of hydrogen-bond acceptors (Lipinski definition) is 6. The number of methoxy groups -OCH3 is 1. The average Bonchev–Trinajstić information content (AvgIpc) is 2.73. The molecule has 1 saturated heterocycles. The van der Waals surface area contributed by atoms with Crippen LogP contribution in [0.3, 0.4) is 0 Å². The zero-order chi connectivity index (χ0) is 16.3. The van der Waals surface area contributed by atoms with E-state index in [4.69, 9.17) is 0 Å². The topological polar surface area (TPSA) is 102 Å². The summed E-state index contributed by atoms with van der Waals surface area (Å²) in [5.74, 6) is -0.528. The molecule has 1 heterocycles. The largest absolute Gasteiger partial charge is 1.00 e. The number of likely N-dealkylation sites (N-methyl/N-ethyl adjacent to an activating group) is 1. The van der Waals surface area contributed by atoms with E-state index in [9.17, 15) is 18.0 Å². The number of amides is 1. The quantitative estimate of drug-likeness (QED) is 0.366. The molecule has 0 aromatic carbocycles. The van der Waals surface area contributed by atoms with Crippen LogP contribution in [0.4, 0.5) is 4.79 Å². The molecular formula is C11H22ClN3O6S. The highest BCUT2D eigenvalue weighted by atomic mass is 35.5. The van der Waals surface area contributed by atoms with E-state index in [0.29, 0.717) is 15.3 Å². The molecule has 1 atom stereocenters. The van der Waals surface area contributed by atoms with Crippen LogP contribution in [0.25, 0.3) is 0 Å². The summed E-state index contributed by atoms with van der Waals surface area (Å²) < 4.78 is 36.9. The minimum Gasteiger partial charge on any atom is -1.00 e. The van der Waals surface area contributed by atoms with Crippen molar-refractivity contribution in [2.75, 3.05) is 47.9 Å². The van der Waals surface area contributed by atoms with Crippen LogP contribution in [-0.2, 0) is 24.5 Å². The molecule has 1 rings (SSSR count). The first-order valence-electron chi connectivity index (χ1n) is 6.39. The van der Waals surface area contributed by atoms with Gasteiger partial charge in [0.25, 0.3) is 0 Å². The van der Waals surface area contributed by atoms with Gasteiger partial charge >= 0.3 is 22.3 Å². The van der Waals surface area contributed by atoms with E-state index in [0.717, 1.165) is 0 Å². The fraction of sp³-hybridized carbons (Fsp3) is 0.818. The van der Waals surface area contributed by atoms with Crippen molar-refractivity contribution in [2.24, 2.45) is 0 Å². The molecule has 1 amide bonds. The molecule has 0 unspecified atom stereocenters. The van der Waals surface area contributed by atoms with Gasteiger partial charge in [0.2, 0.25) is 0 Å². The predicted octanol–water partition coefficient (Wildman–Crippen LogP) is -4.09. The van der Waals surface area contributed by atoms with Gasteiger partial charge < -0.3 is 26.4 Å². The number of esters is 1. The number of cyclic esters (lactones) is 1. The van der Waals surface area contributed by atoms with Gasteiger partial charge in [-0.15, -0.1) is 0 Å². The van der Waals surface area contributed by atoms with E-state index >= 15 is 0 Å². The van der Waals surface area contributed by atoms with Crippen LogP contribution in [0, 0.1) is 0 Å². The molecule has 1 N–H and O–H groups in total. The first-order valence-corrected chi connectivity index (χ1v) is 7.83. The van der Waals surface area contributed by atoms with E-state index in [2.05, 4.69) is 14.2 Å². The number of carbonyl (C=O) groups excluding carboxylic acids is 2. The number of nitrogens with one attached hydrogen (secondary N) is 1. The Morgan fingerprint density at radius 1 is 1.45 bits per heavy atom. The molecule has 0 spiro atoms. The molecule has 0 radical (unpaired) electrons. The molecule has 0 aromatic rings. The van der Waals surface area contributed by atoms with Crippen LogP contribution in [0.5, 0.6) is 0 Å². The van der Waals surface area contributed by atoms with Gasteiger partial charge in [0.1, 0.15) is 6.61 Å². The summed E-state index contributed by atoms with van der Waals surface area (Å²) in [7, 11) is 2.78. The SMILES string of the molecule is COC(=O)C[C@H](C[N+](C)(C)C)NS(=O)(=O)N1CCOC1=O.[Cl-]. The lowest BCUT2D eigenvalue weighted by Crippen LogP contribution is -3.00. The number of rotatable bonds is 7. The third-order valence-corrected chi connectivity index (χ3v) is 4.28. The molecule has 11 heteroatoms. The highest BCUT2D eigenvalue weighted by Crippen LogP contribution is 2.11. The summed E-state index contributed by atoms with van der Waals surface area (Å²) in [6.45, 7) is 0.345. The first-order chi connectivity index (χ1) is 9.55. The van der Waals surface area contributed by atoms with E-state index in [-0.39, 0.29) is 32.0 Å². The van der Waals surface area contributed by atoms with Crippen molar-refractivity contribution in [3.05, 3.63) is 0 Å². The lowest BCUT2D eigenvalue weighted by Gasteiger charge is -2.29. The molecule has 1 aliphatic rings. The van der Waals surface area contributed by atoms with Gasteiger partial charge in [0.05, 0.1) is 53.8 Å². The summed E-state index contributed by atoms with van der Waals surface area (Å²) in [4.78, 5) is 22.8. The van der Waals surface area contributed by atoms with Crippen molar-refractivity contribution in [1.82, 2.24) is 9.03 Å². The zero-order valence-corrected chi connectivity index (χ0v) is 14.6. The van der Waals surface area contributed by atoms with Gasteiger partial charge in [-0.3, -0.25) is 4.79 Å². The Labute approximate surface area is 136 Å². The molecular weight excluding hydrogens is 338 g/mol. The Morgan fingerprint density at radius 3 is 2.45 bits per heavy atom. The van der Waals surface area contributed by atoms with Crippen molar-refractivity contribution >= 4 is 22.3 Å². The second kappa shape index (κ2) is 7.95. The standard InChI is InChI=1S/C11H22N3O6S.ClH/c1-14(2,3)8-9(7-10(15)19-4)12-21(17,18)13-5-6-20-11(13)16;/h9,12H,5-8H2,1-4H3;1H/q+1;/p-1/t9-;/m1./s1. The molecule has 130 valence electrons. The molecule has 1 fully saturated rings. The molecule has 9 nitrogen and oxygen atoms in total. The maximum absolute atomic E-state index is 12.2. The highest BCUT2D eigenvalue weighted by Gasteiger charge is 2.36. The number of hydrogen-bond donors (Lipinski definition) is 1. The van der Waals surface area contributed by atoms with Gasteiger partial charge in [-0.1, -0.05) is 0 Å². The summed E-state index contributed by atoms with van der Waals surface area (Å²) in [6.07, 6.45) is -1.03. The molecule has 0 bridgehead atoms. The predicted molar refractivity (Wildman–Crippen MR) is 73.4 cm³/mol. The van der Waals surface area contributed by atoms with Gasteiger partial charge in [0, 0.05) is 0 Å². The maximum atomic E-state index is 12.2. The number of ether oxygens (including phenoxy) is 2. The maximum Gasteiger partial charge on any atom is 0.424 e. The highest BCUT2D eigenvalue weighted by molar-refractivity contribution is 7.87. The first kappa shape index (κ1) is 20.9. The van der Waals surface area contributed by atoms with Crippen LogP contribution < -0.4 is 17.1 Å². The van der Waals surface area contributed by atoms with Crippen molar-refractivity contribution < 1.29 is 44.4 Å². The Bertz CT molecular complexity index is 504.